The van der Waals surface area contributed by atoms with Crippen molar-refractivity contribution in [2.24, 2.45) is 0 Å². The highest BCUT2D eigenvalue weighted by molar-refractivity contribution is 7.92. The molecule has 220 valence electrons. The highest BCUT2D eigenvalue weighted by atomic mass is 35.5. The van der Waals surface area contributed by atoms with Gasteiger partial charge in [-0.25, -0.2) is 8.42 Å². The van der Waals surface area contributed by atoms with Crippen molar-refractivity contribution < 1.29 is 18.0 Å². The molecule has 0 unspecified atom stereocenters. The van der Waals surface area contributed by atoms with Gasteiger partial charge >= 0.3 is 0 Å². The zero-order valence-electron chi connectivity index (χ0n) is 24.6. The Morgan fingerprint density at radius 2 is 1.51 bits per heavy atom. The molecule has 3 rings (SSSR count). The summed E-state index contributed by atoms with van der Waals surface area (Å²) in [6, 6.07) is 19.8. The Morgan fingerprint density at radius 1 is 0.902 bits per heavy atom. The van der Waals surface area contributed by atoms with Crippen LogP contribution in [-0.2, 0) is 26.2 Å². The van der Waals surface area contributed by atoms with E-state index in [4.69, 9.17) is 11.6 Å². The molecule has 0 aliphatic heterocycles. The summed E-state index contributed by atoms with van der Waals surface area (Å²) in [4.78, 5) is 28.7. The van der Waals surface area contributed by atoms with Gasteiger partial charge in [-0.2, -0.15) is 0 Å². The molecule has 9 heteroatoms. The van der Waals surface area contributed by atoms with Crippen molar-refractivity contribution in [3.8, 4) is 0 Å². The molecule has 0 aliphatic rings. The number of nitrogens with one attached hydrogen (secondary N) is 1. The molecule has 0 radical (unpaired) electrons. The summed E-state index contributed by atoms with van der Waals surface area (Å²) in [5.41, 5.74) is 2.97. The first-order chi connectivity index (χ1) is 19.3. The van der Waals surface area contributed by atoms with Gasteiger partial charge in [-0.05, 0) is 74.6 Å². The Morgan fingerprint density at radius 3 is 2.07 bits per heavy atom. The fraction of sp³-hybridized carbons (Fsp3) is 0.375. The SMILES string of the molecule is CC[C@H](C)NC(=O)[C@@H](C)N(Cc1ccccc1Cl)C(=O)CN(c1ccc(C(C)C)cc1)S(=O)(=O)c1ccc(C)cc1. The Bertz CT molecular complexity index is 1440. The third kappa shape index (κ3) is 8.11. The van der Waals surface area contributed by atoms with Crippen molar-refractivity contribution in [2.45, 2.75) is 77.4 Å². The van der Waals surface area contributed by atoms with E-state index >= 15 is 0 Å². The molecule has 0 heterocycles. The zero-order valence-corrected chi connectivity index (χ0v) is 26.2. The number of carbonyl (C=O) groups is 2. The lowest BCUT2D eigenvalue weighted by molar-refractivity contribution is -0.139. The molecule has 1 N–H and O–H groups in total. The number of nitrogens with zero attached hydrogens (tertiary/aromatic N) is 2. The predicted octanol–water partition coefficient (Wildman–Crippen LogP) is 6.30. The summed E-state index contributed by atoms with van der Waals surface area (Å²) in [5.74, 6) is -0.599. The molecule has 3 aromatic carbocycles. The number of sulfonamides is 1. The summed E-state index contributed by atoms with van der Waals surface area (Å²) in [6.45, 7) is 11.0. The van der Waals surface area contributed by atoms with Crippen LogP contribution in [0, 0.1) is 6.92 Å². The lowest BCUT2D eigenvalue weighted by atomic mass is 10.0. The van der Waals surface area contributed by atoms with Crippen molar-refractivity contribution in [3.05, 3.63) is 94.5 Å². The fourth-order valence-electron chi connectivity index (χ4n) is 4.25. The quantitative estimate of drug-likeness (QED) is 0.265. The van der Waals surface area contributed by atoms with Crippen LogP contribution in [0.5, 0.6) is 0 Å². The van der Waals surface area contributed by atoms with E-state index in [0.717, 1.165) is 21.9 Å². The first kappa shape index (κ1) is 32.2. The third-order valence-corrected chi connectivity index (χ3v) is 9.36. The molecule has 0 spiro atoms. The summed E-state index contributed by atoms with van der Waals surface area (Å²) in [7, 11) is -4.12. The van der Waals surface area contributed by atoms with Crippen molar-refractivity contribution in [3.63, 3.8) is 0 Å². The minimum absolute atomic E-state index is 0.0400. The molecule has 7 nitrogen and oxygen atoms in total. The number of amides is 2. The van der Waals surface area contributed by atoms with Gasteiger partial charge in [0.1, 0.15) is 12.6 Å². The van der Waals surface area contributed by atoms with Gasteiger partial charge in [0.05, 0.1) is 10.6 Å². The summed E-state index contributed by atoms with van der Waals surface area (Å²) < 4.78 is 29.1. The lowest BCUT2D eigenvalue weighted by Gasteiger charge is -2.32. The minimum Gasteiger partial charge on any atom is -0.352 e. The zero-order chi connectivity index (χ0) is 30.3. The van der Waals surface area contributed by atoms with Crippen molar-refractivity contribution in [2.75, 3.05) is 10.8 Å². The van der Waals surface area contributed by atoms with Gasteiger partial charge in [0.15, 0.2) is 0 Å². The van der Waals surface area contributed by atoms with Gasteiger partial charge in [-0.3, -0.25) is 13.9 Å². The van der Waals surface area contributed by atoms with Crippen LogP contribution in [0.3, 0.4) is 0 Å². The van der Waals surface area contributed by atoms with Gasteiger partial charge in [-0.1, -0.05) is 80.4 Å². The van der Waals surface area contributed by atoms with E-state index < -0.39 is 28.5 Å². The number of benzene rings is 3. The topological polar surface area (TPSA) is 86.8 Å². The van der Waals surface area contributed by atoms with Crippen LogP contribution >= 0.6 is 11.6 Å². The van der Waals surface area contributed by atoms with Crippen molar-refractivity contribution >= 4 is 39.1 Å². The number of hydrogen-bond acceptors (Lipinski definition) is 4. The minimum atomic E-state index is -4.12. The Labute approximate surface area is 249 Å². The summed E-state index contributed by atoms with van der Waals surface area (Å²) in [6.07, 6.45) is 0.728. The van der Waals surface area contributed by atoms with Crippen molar-refractivity contribution in [1.29, 1.82) is 0 Å². The first-order valence-corrected chi connectivity index (χ1v) is 15.7. The van der Waals surface area contributed by atoms with Crippen molar-refractivity contribution in [1.82, 2.24) is 10.2 Å². The van der Waals surface area contributed by atoms with Crippen LogP contribution in [0.2, 0.25) is 5.02 Å². The molecule has 2 atom stereocenters. The lowest BCUT2D eigenvalue weighted by Crippen LogP contribution is -2.52. The molecule has 2 amide bonds. The van der Waals surface area contributed by atoms with E-state index in [1.165, 1.54) is 17.0 Å². The summed E-state index contributed by atoms with van der Waals surface area (Å²) >= 11 is 6.43. The van der Waals surface area contributed by atoms with Crippen LogP contribution in [0.1, 0.15) is 63.6 Å². The third-order valence-electron chi connectivity index (χ3n) is 7.20. The van der Waals surface area contributed by atoms with Crippen LogP contribution < -0.4 is 9.62 Å². The Kier molecular flexibility index (Phi) is 11.0. The number of aryl methyl sites for hydroxylation is 1. The molecule has 41 heavy (non-hydrogen) atoms. The normalized spacial score (nSPS) is 13.0. The highest BCUT2D eigenvalue weighted by Gasteiger charge is 2.33. The standard InChI is InChI=1S/C32H40ClN3O4S/c1-7-24(5)34-32(38)25(6)35(20-27-10-8-9-11-30(27)33)31(37)21-36(28-16-14-26(15-17-28)22(2)3)41(39,40)29-18-12-23(4)13-19-29/h8-19,22,24-25H,7,20-21H2,1-6H3,(H,34,38)/t24-,25+/m0/s1. The second-order valence-corrected chi connectivity index (χ2v) is 12.9. The molecule has 0 saturated carbocycles. The largest absolute Gasteiger partial charge is 0.352 e. The van der Waals surface area contributed by atoms with E-state index in [1.54, 1.807) is 55.5 Å². The maximum absolute atomic E-state index is 14.0. The second-order valence-electron chi connectivity index (χ2n) is 10.7. The molecule has 0 bridgehead atoms. The highest BCUT2D eigenvalue weighted by Crippen LogP contribution is 2.27. The van der Waals surface area contributed by atoms with Gasteiger partial charge in [0.2, 0.25) is 11.8 Å². The van der Waals surface area contributed by atoms with Gasteiger partial charge < -0.3 is 10.2 Å². The fourth-order valence-corrected chi connectivity index (χ4v) is 5.86. The number of rotatable bonds is 12. The molecule has 0 aliphatic carbocycles. The van der Waals surface area contributed by atoms with E-state index in [2.05, 4.69) is 19.2 Å². The molecule has 3 aromatic rings. The van der Waals surface area contributed by atoms with E-state index in [0.29, 0.717) is 16.3 Å². The second kappa shape index (κ2) is 14.0. The first-order valence-electron chi connectivity index (χ1n) is 13.9. The van der Waals surface area contributed by atoms with E-state index in [9.17, 15) is 18.0 Å². The smallest absolute Gasteiger partial charge is 0.264 e. The van der Waals surface area contributed by atoms with Gasteiger partial charge in [0.25, 0.3) is 10.0 Å². The number of anilines is 1. The number of carbonyl (C=O) groups excluding carboxylic acids is 2. The maximum atomic E-state index is 14.0. The average Bonchev–Trinajstić information content (AvgIpc) is 2.95. The molecular formula is C32H40ClN3O4S. The molecule has 0 fully saturated rings. The number of halogens is 1. The van der Waals surface area contributed by atoms with Crippen LogP contribution in [0.15, 0.2) is 77.7 Å². The van der Waals surface area contributed by atoms with E-state index in [1.807, 2.05) is 32.9 Å². The molecule has 0 aromatic heterocycles. The monoisotopic (exact) mass is 597 g/mol. The average molecular weight is 598 g/mol. The summed E-state index contributed by atoms with van der Waals surface area (Å²) in [5, 5.41) is 3.38. The molecular weight excluding hydrogens is 558 g/mol. The Balaban J connectivity index is 2.05. The maximum Gasteiger partial charge on any atom is 0.264 e. The van der Waals surface area contributed by atoms with Gasteiger partial charge in [-0.15, -0.1) is 0 Å². The number of hydrogen-bond donors (Lipinski definition) is 1. The van der Waals surface area contributed by atoms with Crippen LogP contribution in [0.4, 0.5) is 5.69 Å². The predicted molar refractivity (Wildman–Crippen MR) is 166 cm³/mol. The molecule has 0 saturated heterocycles. The van der Waals surface area contributed by atoms with Crippen LogP contribution in [0.25, 0.3) is 0 Å². The van der Waals surface area contributed by atoms with Gasteiger partial charge in [0, 0.05) is 17.6 Å². The van der Waals surface area contributed by atoms with Crippen LogP contribution in [-0.4, -0.2) is 43.8 Å². The van der Waals surface area contributed by atoms with E-state index in [-0.39, 0.29) is 29.3 Å². The Hall–Kier alpha value is -3.36.